The lowest BCUT2D eigenvalue weighted by atomic mass is 10.0. The zero-order valence-electron chi connectivity index (χ0n) is 17.7. The highest BCUT2D eigenvalue weighted by Crippen LogP contribution is 2.20. The summed E-state index contributed by atoms with van der Waals surface area (Å²) < 4.78 is 3.26. The molecule has 0 aliphatic heterocycles. The molecule has 0 saturated carbocycles. The molecule has 0 aliphatic carbocycles. The van der Waals surface area contributed by atoms with Gasteiger partial charge in [0.05, 0.1) is 10.2 Å². The lowest BCUT2D eigenvalue weighted by Gasteiger charge is -2.04. The third-order valence-electron chi connectivity index (χ3n) is 5.23. The van der Waals surface area contributed by atoms with Gasteiger partial charge in [0.1, 0.15) is 0 Å². The Balaban J connectivity index is 1.66. The Bertz CT molecular complexity index is 1300. The van der Waals surface area contributed by atoms with Crippen LogP contribution in [0, 0.1) is 0 Å². The monoisotopic (exact) mass is 428 g/mol. The standard InChI is InChI=1S/C26H24N2O2S/c1-3-16-28-22-15-10-18(4-2)17-23(22)31-26(28)27-25(30)21-13-11-20(12-14-21)24(29)19-8-6-5-7-9-19/h5-15,17H,3-4,16H2,1-2H3. The molecule has 4 aromatic rings. The average molecular weight is 429 g/mol. The highest BCUT2D eigenvalue weighted by atomic mass is 32.1. The van der Waals surface area contributed by atoms with Gasteiger partial charge in [-0.15, -0.1) is 0 Å². The van der Waals surface area contributed by atoms with Gasteiger partial charge in [-0.1, -0.05) is 73.7 Å². The van der Waals surface area contributed by atoms with Crippen LogP contribution >= 0.6 is 11.3 Å². The maximum absolute atomic E-state index is 12.9. The summed E-state index contributed by atoms with van der Waals surface area (Å²) in [6.45, 7) is 5.06. The number of aryl methyl sites for hydroxylation is 2. The van der Waals surface area contributed by atoms with Gasteiger partial charge < -0.3 is 4.57 Å². The molecule has 1 aromatic heterocycles. The third kappa shape index (κ3) is 4.42. The maximum atomic E-state index is 12.9. The van der Waals surface area contributed by atoms with E-state index in [1.54, 1.807) is 47.7 Å². The number of thiazole rings is 1. The van der Waals surface area contributed by atoms with Gasteiger partial charge in [-0.3, -0.25) is 9.59 Å². The minimum atomic E-state index is -0.300. The molecule has 3 aromatic carbocycles. The fourth-order valence-electron chi connectivity index (χ4n) is 3.53. The molecule has 0 bridgehead atoms. The quantitative estimate of drug-likeness (QED) is 0.373. The highest BCUT2D eigenvalue weighted by Gasteiger charge is 2.12. The number of nitrogens with zero attached hydrogens (tertiary/aromatic N) is 2. The van der Waals surface area contributed by atoms with Crippen LogP contribution in [0.15, 0.2) is 77.8 Å². The van der Waals surface area contributed by atoms with Crippen molar-refractivity contribution in [1.29, 1.82) is 0 Å². The number of aromatic nitrogens is 1. The van der Waals surface area contributed by atoms with Crippen molar-refractivity contribution in [3.8, 4) is 0 Å². The topological polar surface area (TPSA) is 51.4 Å². The van der Waals surface area contributed by atoms with Gasteiger partial charge in [0.25, 0.3) is 5.91 Å². The van der Waals surface area contributed by atoms with Gasteiger partial charge in [0.2, 0.25) is 0 Å². The van der Waals surface area contributed by atoms with Crippen LogP contribution < -0.4 is 4.80 Å². The number of rotatable bonds is 6. The Morgan fingerprint density at radius 3 is 2.23 bits per heavy atom. The number of carbonyl (C=O) groups is 2. The van der Waals surface area contributed by atoms with Crippen molar-refractivity contribution in [3.05, 3.63) is 99.9 Å². The predicted octanol–water partition coefficient (Wildman–Crippen LogP) is 5.65. The van der Waals surface area contributed by atoms with Crippen molar-refractivity contribution in [2.24, 2.45) is 4.99 Å². The van der Waals surface area contributed by atoms with Gasteiger partial charge in [-0.05, 0) is 42.7 Å². The molecule has 31 heavy (non-hydrogen) atoms. The van der Waals surface area contributed by atoms with Gasteiger partial charge in [0.15, 0.2) is 10.6 Å². The predicted molar refractivity (Wildman–Crippen MR) is 126 cm³/mol. The van der Waals surface area contributed by atoms with Gasteiger partial charge >= 0.3 is 0 Å². The second-order valence-electron chi connectivity index (χ2n) is 7.38. The Labute approximate surface area is 185 Å². The molecule has 0 saturated heterocycles. The van der Waals surface area contributed by atoms with E-state index in [4.69, 9.17) is 0 Å². The smallest absolute Gasteiger partial charge is 0.279 e. The molecule has 0 atom stereocenters. The van der Waals surface area contributed by atoms with Gasteiger partial charge in [0, 0.05) is 23.2 Å². The Morgan fingerprint density at radius 1 is 0.871 bits per heavy atom. The van der Waals surface area contributed by atoms with E-state index in [1.807, 2.05) is 18.2 Å². The fourth-order valence-corrected chi connectivity index (χ4v) is 4.65. The summed E-state index contributed by atoms with van der Waals surface area (Å²) in [5.74, 6) is -0.362. The Kier molecular flexibility index (Phi) is 6.23. The molecule has 0 unspecified atom stereocenters. The van der Waals surface area contributed by atoms with E-state index in [0.717, 1.165) is 29.6 Å². The molecule has 0 spiro atoms. The van der Waals surface area contributed by atoms with Crippen LogP contribution in [0.1, 0.15) is 52.1 Å². The minimum absolute atomic E-state index is 0.0615. The summed E-state index contributed by atoms with van der Waals surface area (Å²) in [7, 11) is 0. The van der Waals surface area contributed by atoms with Crippen LogP contribution in [0.5, 0.6) is 0 Å². The number of hydrogen-bond acceptors (Lipinski definition) is 3. The van der Waals surface area contributed by atoms with E-state index in [0.29, 0.717) is 21.5 Å². The summed E-state index contributed by atoms with van der Waals surface area (Å²) in [5, 5.41) is 0. The summed E-state index contributed by atoms with van der Waals surface area (Å²) in [6, 6.07) is 22.3. The average Bonchev–Trinajstić information content (AvgIpc) is 3.15. The number of hydrogen-bond donors (Lipinski definition) is 0. The van der Waals surface area contributed by atoms with Crippen molar-refractivity contribution in [2.45, 2.75) is 33.2 Å². The van der Waals surface area contributed by atoms with Crippen molar-refractivity contribution < 1.29 is 9.59 Å². The van der Waals surface area contributed by atoms with E-state index < -0.39 is 0 Å². The van der Waals surface area contributed by atoms with Gasteiger partial charge in [-0.2, -0.15) is 4.99 Å². The molecular formula is C26H24N2O2S. The lowest BCUT2D eigenvalue weighted by Crippen LogP contribution is -2.16. The van der Waals surface area contributed by atoms with Crippen LogP contribution in [0.3, 0.4) is 0 Å². The third-order valence-corrected chi connectivity index (χ3v) is 6.27. The number of ketones is 1. The molecular weight excluding hydrogens is 404 g/mol. The molecule has 156 valence electrons. The van der Waals surface area contributed by atoms with Crippen LogP contribution in [0.4, 0.5) is 0 Å². The maximum Gasteiger partial charge on any atom is 0.279 e. The minimum Gasteiger partial charge on any atom is -0.316 e. The van der Waals surface area contributed by atoms with Crippen molar-refractivity contribution in [2.75, 3.05) is 0 Å². The molecule has 1 amide bonds. The highest BCUT2D eigenvalue weighted by molar-refractivity contribution is 7.16. The molecule has 0 N–H and O–H groups in total. The van der Waals surface area contributed by atoms with Crippen LogP contribution in [-0.4, -0.2) is 16.3 Å². The second-order valence-corrected chi connectivity index (χ2v) is 8.39. The Hall–Kier alpha value is -3.31. The van der Waals surface area contributed by atoms with E-state index in [-0.39, 0.29) is 11.7 Å². The molecule has 5 heteroatoms. The lowest BCUT2D eigenvalue weighted by molar-refractivity contribution is 0.0994. The zero-order valence-corrected chi connectivity index (χ0v) is 18.5. The summed E-state index contributed by atoms with van der Waals surface area (Å²) in [5.41, 5.74) is 4.04. The zero-order chi connectivity index (χ0) is 21.8. The number of amides is 1. The fraction of sp³-hybridized carbons (Fsp3) is 0.192. The largest absolute Gasteiger partial charge is 0.316 e. The van der Waals surface area contributed by atoms with E-state index in [1.165, 1.54) is 5.56 Å². The molecule has 0 fully saturated rings. The SMILES string of the molecule is CCCn1c(=NC(=O)c2ccc(C(=O)c3ccccc3)cc2)sc2cc(CC)ccc21. The van der Waals surface area contributed by atoms with E-state index >= 15 is 0 Å². The number of fused-ring (bicyclic) bond motifs is 1. The van der Waals surface area contributed by atoms with Crippen LogP contribution in [-0.2, 0) is 13.0 Å². The molecule has 4 rings (SSSR count). The van der Waals surface area contributed by atoms with Crippen molar-refractivity contribution in [1.82, 2.24) is 4.57 Å². The van der Waals surface area contributed by atoms with E-state index in [2.05, 4.69) is 41.6 Å². The molecule has 0 aliphatic rings. The second kappa shape index (κ2) is 9.23. The summed E-state index contributed by atoms with van der Waals surface area (Å²) in [6.07, 6.45) is 1.93. The summed E-state index contributed by atoms with van der Waals surface area (Å²) in [4.78, 5) is 30.6. The molecule has 4 nitrogen and oxygen atoms in total. The van der Waals surface area contributed by atoms with Crippen molar-refractivity contribution >= 4 is 33.2 Å². The van der Waals surface area contributed by atoms with Crippen LogP contribution in [0.25, 0.3) is 10.2 Å². The van der Waals surface area contributed by atoms with Gasteiger partial charge in [-0.25, -0.2) is 0 Å². The normalized spacial score (nSPS) is 11.7. The summed E-state index contributed by atoms with van der Waals surface area (Å²) >= 11 is 1.54. The van der Waals surface area contributed by atoms with E-state index in [9.17, 15) is 9.59 Å². The van der Waals surface area contributed by atoms with Crippen LogP contribution in [0.2, 0.25) is 0 Å². The number of benzene rings is 3. The first-order valence-corrected chi connectivity index (χ1v) is 11.3. The number of carbonyl (C=O) groups excluding carboxylic acids is 2. The first-order chi connectivity index (χ1) is 15.1. The molecule has 0 radical (unpaired) electrons. The Morgan fingerprint density at radius 2 is 1.55 bits per heavy atom. The first-order valence-electron chi connectivity index (χ1n) is 10.5. The molecule has 1 heterocycles. The van der Waals surface area contributed by atoms with Crippen molar-refractivity contribution in [3.63, 3.8) is 0 Å². The first kappa shape index (κ1) is 20.9.